The van der Waals surface area contributed by atoms with Crippen LogP contribution in [0.15, 0.2) is 78.0 Å². The Morgan fingerprint density at radius 3 is 2.43 bits per heavy atom. The maximum atomic E-state index is 12.8. The lowest BCUT2D eigenvalue weighted by atomic mass is 10.1. The van der Waals surface area contributed by atoms with Crippen molar-refractivity contribution >= 4 is 27.1 Å². The van der Waals surface area contributed by atoms with E-state index in [4.69, 9.17) is 0 Å². The molecule has 2 aromatic carbocycles. The summed E-state index contributed by atoms with van der Waals surface area (Å²) in [6.07, 6.45) is 3.24. The SMILES string of the molecule is CC1CN(c2ccc(S(=O)(=O)C(F)(F)F)cc2)CN1Cc1ccncc1NC(=O)c1ccccc1. The van der Waals surface area contributed by atoms with E-state index in [1.54, 1.807) is 36.7 Å². The van der Waals surface area contributed by atoms with Gasteiger partial charge in [-0.1, -0.05) is 18.2 Å². The Morgan fingerprint density at radius 1 is 1.09 bits per heavy atom. The highest BCUT2D eigenvalue weighted by molar-refractivity contribution is 7.92. The minimum atomic E-state index is -5.38. The van der Waals surface area contributed by atoms with Crippen LogP contribution in [-0.2, 0) is 16.4 Å². The minimum Gasteiger partial charge on any atom is -0.357 e. The van der Waals surface area contributed by atoms with Crippen molar-refractivity contribution in [1.82, 2.24) is 9.88 Å². The third-order valence-corrected chi connectivity index (χ3v) is 7.35. The number of sulfone groups is 1. The number of amides is 1. The van der Waals surface area contributed by atoms with Crippen molar-refractivity contribution in [3.8, 4) is 0 Å². The van der Waals surface area contributed by atoms with Crippen LogP contribution in [0.2, 0.25) is 0 Å². The first-order chi connectivity index (χ1) is 16.6. The second-order valence-electron chi connectivity index (χ2n) is 8.26. The van der Waals surface area contributed by atoms with Gasteiger partial charge >= 0.3 is 5.51 Å². The van der Waals surface area contributed by atoms with Gasteiger partial charge in [-0.05, 0) is 55.0 Å². The highest BCUT2D eigenvalue weighted by Crippen LogP contribution is 2.32. The maximum Gasteiger partial charge on any atom is 0.501 e. The van der Waals surface area contributed by atoms with Gasteiger partial charge in [-0.3, -0.25) is 14.7 Å². The summed E-state index contributed by atoms with van der Waals surface area (Å²) in [5.41, 5.74) is -2.74. The van der Waals surface area contributed by atoms with Crippen molar-refractivity contribution in [1.29, 1.82) is 0 Å². The highest BCUT2D eigenvalue weighted by atomic mass is 32.2. The van der Waals surface area contributed by atoms with E-state index in [2.05, 4.69) is 15.2 Å². The Hall–Kier alpha value is -3.44. The molecule has 0 spiro atoms. The zero-order chi connectivity index (χ0) is 25.2. The molecule has 1 amide bonds. The second kappa shape index (κ2) is 9.67. The summed E-state index contributed by atoms with van der Waals surface area (Å²) in [7, 11) is -5.38. The van der Waals surface area contributed by atoms with Crippen LogP contribution in [0, 0.1) is 0 Å². The van der Waals surface area contributed by atoms with Crippen molar-refractivity contribution in [2.24, 2.45) is 0 Å². The van der Waals surface area contributed by atoms with Gasteiger partial charge < -0.3 is 10.2 Å². The van der Waals surface area contributed by atoms with E-state index in [0.717, 1.165) is 17.7 Å². The molecule has 1 aliphatic heterocycles. The number of pyridine rings is 1. The molecular weight excluding hydrogens is 481 g/mol. The summed E-state index contributed by atoms with van der Waals surface area (Å²) in [5, 5.41) is 2.90. The van der Waals surface area contributed by atoms with Crippen molar-refractivity contribution in [3.05, 3.63) is 84.2 Å². The van der Waals surface area contributed by atoms with Gasteiger partial charge in [-0.15, -0.1) is 0 Å². The fourth-order valence-corrected chi connectivity index (χ4v) is 4.65. The van der Waals surface area contributed by atoms with E-state index >= 15 is 0 Å². The Bertz CT molecular complexity index is 1300. The number of alkyl halides is 3. The number of anilines is 2. The number of hydrogen-bond donors (Lipinski definition) is 1. The number of rotatable bonds is 6. The Balaban J connectivity index is 1.46. The summed E-state index contributed by atoms with van der Waals surface area (Å²) in [6.45, 7) is 3.60. The van der Waals surface area contributed by atoms with Crippen LogP contribution in [0.1, 0.15) is 22.8 Å². The van der Waals surface area contributed by atoms with Gasteiger partial charge in [0.1, 0.15) is 0 Å². The molecule has 184 valence electrons. The minimum absolute atomic E-state index is 0.0967. The summed E-state index contributed by atoms with van der Waals surface area (Å²) >= 11 is 0. The van der Waals surface area contributed by atoms with E-state index in [9.17, 15) is 26.4 Å². The first-order valence-electron chi connectivity index (χ1n) is 10.8. The van der Waals surface area contributed by atoms with Gasteiger partial charge in [0, 0.05) is 36.6 Å². The number of benzene rings is 2. The van der Waals surface area contributed by atoms with Crippen molar-refractivity contribution in [2.45, 2.75) is 29.9 Å². The maximum absolute atomic E-state index is 12.8. The largest absolute Gasteiger partial charge is 0.501 e. The number of carbonyl (C=O) groups is 1. The van der Waals surface area contributed by atoms with Crippen LogP contribution < -0.4 is 10.2 Å². The Morgan fingerprint density at radius 2 is 1.77 bits per heavy atom. The molecule has 0 saturated carbocycles. The van der Waals surface area contributed by atoms with Crippen LogP contribution in [0.5, 0.6) is 0 Å². The van der Waals surface area contributed by atoms with Gasteiger partial charge in [0.15, 0.2) is 0 Å². The van der Waals surface area contributed by atoms with Crippen LogP contribution in [0.25, 0.3) is 0 Å². The third kappa shape index (κ3) is 5.30. The number of nitrogens with zero attached hydrogens (tertiary/aromatic N) is 3. The summed E-state index contributed by atoms with van der Waals surface area (Å²) in [5.74, 6) is -0.246. The number of nitrogens with one attached hydrogen (secondary N) is 1. The van der Waals surface area contributed by atoms with Crippen molar-refractivity contribution in [3.63, 3.8) is 0 Å². The molecule has 7 nitrogen and oxygen atoms in total. The number of carbonyl (C=O) groups excluding carboxylic acids is 1. The molecule has 1 N–H and O–H groups in total. The van der Waals surface area contributed by atoms with Gasteiger partial charge in [0.25, 0.3) is 15.7 Å². The van der Waals surface area contributed by atoms with E-state index < -0.39 is 20.2 Å². The predicted octanol–water partition coefficient (Wildman–Crippen LogP) is 4.30. The molecule has 11 heteroatoms. The molecule has 3 aromatic rings. The van der Waals surface area contributed by atoms with Crippen LogP contribution in [-0.4, -0.2) is 49.0 Å². The number of aromatic nitrogens is 1. The molecule has 2 heterocycles. The number of hydrogen-bond acceptors (Lipinski definition) is 6. The lowest BCUT2D eigenvalue weighted by Crippen LogP contribution is -2.29. The molecule has 1 aromatic heterocycles. The van der Waals surface area contributed by atoms with Crippen molar-refractivity contribution in [2.75, 3.05) is 23.4 Å². The first-order valence-corrected chi connectivity index (χ1v) is 12.2. The van der Waals surface area contributed by atoms with Gasteiger partial charge in [0.2, 0.25) is 0 Å². The normalized spacial score (nSPS) is 16.9. The fourth-order valence-electron chi connectivity index (χ4n) is 3.89. The van der Waals surface area contributed by atoms with Gasteiger partial charge in [-0.25, -0.2) is 8.42 Å². The van der Waals surface area contributed by atoms with Gasteiger partial charge in [-0.2, -0.15) is 13.2 Å². The standard InChI is InChI=1S/C24H23F3N4O3S/c1-17-14-31(20-7-9-21(10-8-20)35(33,34)24(25,26)27)16-30(17)15-19-11-12-28-13-22(19)29-23(32)18-5-3-2-4-6-18/h2-13,17H,14-16H2,1H3,(H,29,32). The summed E-state index contributed by atoms with van der Waals surface area (Å²) in [4.78, 5) is 20.0. The fraction of sp³-hybridized carbons (Fsp3) is 0.250. The molecule has 0 bridgehead atoms. The lowest BCUT2D eigenvalue weighted by molar-refractivity contribution is -0.0436. The molecule has 1 atom stereocenters. The average molecular weight is 505 g/mol. The highest BCUT2D eigenvalue weighted by Gasteiger charge is 2.46. The predicted molar refractivity (Wildman–Crippen MR) is 126 cm³/mol. The second-order valence-corrected chi connectivity index (χ2v) is 10.2. The average Bonchev–Trinajstić information content (AvgIpc) is 3.20. The van der Waals surface area contributed by atoms with Crippen LogP contribution in [0.3, 0.4) is 0 Å². The first kappa shape index (κ1) is 24.7. The monoisotopic (exact) mass is 504 g/mol. The zero-order valence-electron chi connectivity index (χ0n) is 18.7. The number of halogens is 3. The Labute approximate surface area is 201 Å². The molecule has 35 heavy (non-hydrogen) atoms. The molecule has 0 radical (unpaired) electrons. The third-order valence-electron chi connectivity index (χ3n) is 5.85. The molecule has 1 unspecified atom stereocenters. The quantitative estimate of drug-likeness (QED) is 0.539. The van der Waals surface area contributed by atoms with E-state index in [1.165, 1.54) is 12.1 Å². The van der Waals surface area contributed by atoms with E-state index in [-0.39, 0.29) is 11.9 Å². The Kier molecular flexibility index (Phi) is 6.82. The van der Waals surface area contributed by atoms with Crippen molar-refractivity contribution < 1.29 is 26.4 Å². The summed E-state index contributed by atoms with van der Waals surface area (Å²) < 4.78 is 61.6. The van der Waals surface area contributed by atoms with E-state index in [0.29, 0.717) is 36.7 Å². The van der Waals surface area contributed by atoms with Crippen LogP contribution in [0.4, 0.5) is 24.5 Å². The molecule has 0 aliphatic carbocycles. The van der Waals surface area contributed by atoms with Gasteiger partial charge in [0.05, 0.1) is 23.4 Å². The van der Waals surface area contributed by atoms with E-state index in [1.807, 2.05) is 24.0 Å². The smallest absolute Gasteiger partial charge is 0.357 e. The van der Waals surface area contributed by atoms with Crippen LogP contribution >= 0.6 is 0 Å². The lowest BCUT2D eigenvalue weighted by Gasteiger charge is -2.22. The molecule has 4 rings (SSSR count). The molecule has 1 saturated heterocycles. The topological polar surface area (TPSA) is 82.6 Å². The molecular formula is C24H23F3N4O3S. The zero-order valence-corrected chi connectivity index (χ0v) is 19.6. The summed E-state index contributed by atoms with van der Waals surface area (Å²) in [6, 6.07) is 15.5. The molecule has 1 aliphatic rings. The molecule has 1 fully saturated rings.